The number of primary amides is 1. The van der Waals surface area contributed by atoms with Crippen molar-refractivity contribution < 1.29 is 19.1 Å². The van der Waals surface area contributed by atoms with Gasteiger partial charge in [0.1, 0.15) is 6.07 Å². The van der Waals surface area contributed by atoms with E-state index in [0.29, 0.717) is 51.1 Å². The molecule has 0 spiro atoms. The lowest BCUT2D eigenvalue weighted by Crippen LogP contribution is -2.51. The Morgan fingerprint density at radius 1 is 1.14 bits per heavy atom. The first-order valence-corrected chi connectivity index (χ1v) is 13.0. The Morgan fingerprint density at radius 3 is 2.38 bits per heavy atom. The zero-order chi connectivity index (χ0) is 27.5. The molecular formula is C27H40N6O4. The number of allylic oxidation sites excluding steroid dienone is 4. The molecule has 3 N–H and O–H groups in total. The molecule has 2 aliphatic heterocycles. The van der Waals surface area contributed by atoms with Crippen molar-refractivity contribution in [2.75, 3.05) is 19.6 Å². The third-order valence-electron chi connectivity index (χ3n) is 6.23. The number of likely N-dealkylation sites (tertiary alicyclic amines) is 1. The maximum atomic E-state index is 13.0. The number of hydrogen-bond donors (Lipinski definition) is 2. The minimum atomic E-state index is -0.670. The van der Waals surface area contributed by atoms with Gasteiger partial charge < -0.3 is 30.2 Å². The van der Waals surface area contributed by atoms with Crippen molar-refractivity contribution in [3.05, 3.63) is 46.8 Å². The molecule has 0 unspecified atom stereocenters. The summed E-state index contributed by atoms with van der Waals surface area (Å²) in [5.74, 6) is -0.670. The number of urea groups is 1. The fourth-order valence-corrected chi connectivity index (χ4v) is 4.53. The van der Waals surface area contributed by atoms with Crippen LogP contribution in [0.25, 0.3) is 0 Å². The Hall–Kier alpha value is -3.74. The van der Waals surface area contributed by atoms with Gasteiger partial charge in [-0.3, -0.25) is 4.79 Å². The molecule has 0 aliphatic carbocycles. The number of nitrogens with one attached hydrogen (secondary N) is 1. The second-order valence-electron chi connectivity index (χ2n) is 8.99. The molecule has 202 valence electrons. The summed E-state index contributed by atoms with van der Waals surface area (Å²) < 4.78 is 7.19. The maximum Gasteiger partial charge on any atom is 0.410 e. The SMILES string of the molecule is C/C=C\C=C/Cc1c(C#N)c(C(N)=O)c2n1CCN(C(=O)NC1CCN(C(=O)OC(C)C)CC1)C2.CC. The van der Waals surface area contributed by atoms with Crippen molar-refractivity contribution in [1.29, 1.82) is 5.26 Å². The highest BCUT2D eigenvalue weighted by atomic mass is 16.6. The number of ether oxygens (including phenoxy) is 1. The van der Waals surface area contributed by atoms with Crippen LogP contribution < -0.4 is 11.1 Å². The van der Waals surface area contributed by atoms with Crippen LogP contribution in [-0.2, 0) is 24.2 Å². The van der Waals surface area contributed by atoms with Crippen molar-refractivity contribution in [1.82, 2.24) is 19.7 Å². The molecule has 2 aliphatic rings. The molecule has 3 rings (SSSR count). The number of amides is 4. The number of nitriles is 1. The van der Waals surface area contributed by atoms with Gasteiger partial charge in [-0.2, -0.15) is 5.26 Å². The molecular weight excluding hydrogens is 472 g/mol. The number of aromatic nitrogens is 1. The first kappa shape index (κ1) is 29.5. The van der Waals surface area contributed by atoms with Crippen LogP contribution in [0.2, 0.25) is 0 Å². The molecule has 1 saturated heterocycles. The van der Waals surface area contributed by atoms with Crippen LogP contribution in [0.15, 0.2) is 24.3 Å². The zero-order valence-electron chi connectivity index (χ0n) is 22.6. The van der Waals surface area contributed by atoms with Crippen LogP contribution in [-0.4, -0.2) is 64.2 Å². The summed E-state index contributed by atoms with van der Waals surface area (Å²) in [5, 5.41) is 12.8. The molecule has 0 atom stereocenters. The summed E-state index contributed by atoms with van der Waals surface area (Å²) in [5.41, 5.74) is 7.45. The molecule has 4 amide bonds. The first-order chi connectivity index (χ1) is 17.8. The topological polar surface area (TPSA) is 134 Å². The second-order valence-corrected chi connectivity index (χ2v) is 8.99. The highest BCUT2D eigenvalue weighted by molar-refractivity contribution is 5.97. The Kier molecular flexibility index (Phi) is 11.2. The fraction of sp³-hybridized carbons (Fsp3) is 0.556. The molecule has 1 fully saturated rings. The van der Waals surface area contributed by atoms with Crippen LogP contribution in [0.5, 0.6) is 0 Å². The van der Waals surface area contributed by atoms with Crippen molar-refractivity contribution >= 4 is 18.0 Å². The predicted octanol–water partition coefficient (Wildman–Crippen LogP) is 3.69. The lowest BCUT2D eigenvalue weighted by atomic mass is 10.1. The largest absolute Gasteiger partial charge is 0.447 e. The molecule has 0 radical (unpaired) electrons. The molecule has 10 nitrogen and oxygen atoms in total. The highest BCUT2D eigenvalue weighted by Crippen LogP contribution is 2.28. The average Bonchev–Trinajstić information content (AvgIpc) is 3.20. The summed E-state index contributed by atoms with van der Waals surface area (Å²) in [6.45, 7) is 11.7. The number of carbonyl (C=O) groups excluding carboxylic acids is 3. The lowest BCUT2D eigenvalue weighted by Gasteiger charge is -2.35. The van der Waals surface area contributed by atoms with Gasteiger partial charge in [0.15, 0.2) is 0 Å². The molecule has 37 heavy (non-hydrogen) atoms. The average molecular weight is 513 g/mol. The summed E-state index contributed by atoms with van der Waals surface area (Å²) in [6, 6.07) is 1.85. The normalized spacial score (nSPS) is 15.8. The van der Waals surface area contributed by atoms with Crippen LogP contribution >= 0.6 is 0 Å². The summed E-state index contributed by atoms with van der Waals surface area (Å²) in [7, 11) is 0. The number of hydrogen-bond acceptors (Lipinski definition) is 5. The van der Waals surface area contributed by atoms with E-state index in [1.807, 2.05) is 63.5 Å². The Balaban J connectivity index is 0.00000235. The first-order valence-electron chi connectivity index (χ1n) is 13.0. The number of nitrogens with two attached hydrogens (primary N) is 1. The molecule has 1 aromatic heterocycles. The van der Waals surface area contributed by atoms with Crippen LogP contribution in [0.3, 0.4) is 0 Å². The van der Waals surface area contributed by atoms with E-state index in [2.05, 4.69) is 11.4 Å². The minimum absolute atomic E-state index is 0.0584. The second kappa shape index (κ2) is 14.1. The van der Waals surface area contributed by atoms with Crippen molar-refractivity contribution in [3.63, 3.8) is 0 Å². The number of rotatable bonds is 6. The van der Waals surface area contributed by atoms with Crippen molar-refractivity contribution in [2.24, 2.45) is 5.73 Å². The lowest BCUT2D eigenvalue weighted by molar-refractivity contribution is 0.0679. The highest BCUT2D eigenvalue weighted by Gasteiger charge is 2.32. The van der Waals surface area contributed by atoms with Gasteiger partial charge in [-0.05, 0) is 33.6 Å². The van der Waals surface area contributed by atoms with Crippen LogP contribution in [0.4, 0.5) is 9.59 Å². The third-order valence-corrected chi connectivity index (χ3v) is 6.23. The van der Waals surface area contributed by atoms with E-state index in [0.717, 1.165) is 5.69 Å². The number of carbonyl (C=O) groups is 3. The summed E-state index contributed by atoms with van der Waals surface area (Å²) in [6.07, 6.45) is 8.87. The molecule has 0 aromatic carbocycles. The summed E-state index contributed by atoms with van der Waals surface area (Å²) >= 11 is 0. The monoisotopic (exact) mass is 512 g/mol. The van der Waals surface area contributed by atoms with Crippen molar-refractivity contribution in [3.8, 4) is 6.07 Å². The molecule has 0 saturated carbocycles. The van der Waals surface area contributed by atoms with Gasteiger partial charge in [-0.1, -0.05) is 38.2 Å². The maximum absolute atomic E-state index is 13.0. The van der Waals surface area contributed by atoms with Gasteiger partial charge in [0, 0.05) is 44.3 Å². The predicted molar refractivity (Wildman–Crippen MR) is 142 cm³/mol. The third kappa shape index (κ3) is 7.38. The van der Waals surface area contributed by atoms with E-state index < -0.39 is 5.91 Å². The van der Waals surface area contributed by atoms with Crippen molar-refractivity contribution in [2.45, 2.75) is 79.1 Å². The standard InChI is InChI=1S/C25H34N6O4.C2H6/c1-4-5-6-7-8-20-19(15-26)22(23(27)32)21-16-30(13-14-31(20)21)24(33)28-18-9-11-29(12-10-18)25(34)35-17(2)3;1-2/h4-7,17-18H,8-14,16H2,1-3H3,(H2,27,32)(H,28,33);1-2H3/b5-4-,7-6-;. The Morgan fingerprint density at radius 2 is 1.81 bits per heavy atom. The molecule has 3 heterocycles. The number of piperidine rings is 1. The van der Waals surface area contributed by atoms with E-state index in [-0.39, 0.29) is 41.9 Å². The molecule has 0 bridgehead atoms. The van der Waals surface area contributed by atoms with Gasteiger partial charge in [0.2, 0.25) is 0 Å². The van der Waals surface area contributed by atoms with Gasteiger partial charge in [0.25, 0.3) is 5.91 Å². The number of fused-ring (bicyclic) bond motifs is 1. The molecule has 10 heteroatoms. The fourth-order valence-electron chi connectivity index (χ4n) is 4.53. The Bertz CT molecular complexity index is 1060. The van der Waals surface area contributed by atoms with E-state index in [4.69, 9.17) is 10.5 Å². The van der Waals surface area contributed by atoms with E-state index in [9.17, 15) is 19.6 Å². The minimum Gasteiger partial charge on any atom is -0.447 e. The van der Waals surface area contributed by atoms with Gasteiger partial charge in [0.05, 0.1) is 29.5 Å². The molecule has 1 aromatic rings. The van der Waals surface area contributed by atoms with Crippen LogP contribution in [0.1, 0.15) is 74.8 Å². The quantitative estimate of drug-likeness (QED) is 0.561. The number of nitrogens with zero attached hydrogens (tertiary/aromatic N) is 4. The van der Waals surface area contributed by atoms with Gasteiger partial charge in [-0.25, -0.2) is 9.59 Å². The Labute approximate surface area is 219 Å². The summed E-state index contributed by atoms with van der Waals surface area (Å²) in [4.78, 5) is 40.7. The van der Waals surface area contributed by atoms with Crippen LogP contribution in [0, 0.1) is 11.3 Å². The smallest absolute Gasteiger partial charge is 0.410 e. The van der Waals surface area contributed by atoms with E-state index in [1.165, 1.54) is 0 Å². The van der Waals surface area contributed by atoms with E-state index in [1.54, 1.807) is 9.80 Å². The van der Waals surface area contributed by atoms with E-state index >= 15 is 0 Å². The van der Waals surface area contributed by atoms with Gasteiger partial charge in [-0.15, -0.1) is 0 Å². The van der Waals surface area contributed by atoms with Gasteiger partial charge >= 0.3 is 12.1 Å². The zero-order valence-corrected chi connectivity index (χ0v) is 22.6.